The number of anilines is 1. The fraction of sp³-hybridized carbons (Fsp3) is 0.333. The molecule has 0 saturated carbocycles. The lowest BCUT2D eigenvalue weighted by molar-refractivity contribution is -0.0585. The number of amides is 2. The van der Waals surface area contributed by atoms with Gasteiger partial charge >= 0.3 is 6.03 Å². The summed E-state index contributed by atoms with van der Waals surface area (Å²) in [5.74, 6) is -1.23. The lowest BCUT2D eigenvalue weighted by Crippen LogP contribution is -2.68. The Morgan fingerprint density at radius 2 is 1.86 bits per heavy atom. The van der Waals surface area contributed by atoms with E-state index < -0.39 is 17.7 Å². The molecule has 0 radical (unpaired) electrons. The zero-order valence-corrected chi connectivity index (χ0v) is 19.3. The number of pyridine rings is 1. The van der Waals surface area contributed by atoms with Gasteiger partial charge in [-0.15, -0.1) is 0 Å². The Labute approximate surface area is 203 Å². The highest BCUT2D eigenvalue weighted by atomic mass is 19.1. The minimum Gasteiger partial charge on any atom is -0.395 e. The largest absolute Gasteiger partial charge is 0.395 e. The molecule has 2 aliphatic heterocycles. The molecule has 35 heavy (non-hydrogen) atoms. The minimum absolute atomic E-state index is 0.0204. The summed E-state index contributed by atoms with van der Waals surface area (Å²) >= 11 is 0. The highest BCUT2D eigenvalue weighted by Gasteiger charge is 2.49. The van der Waals surface area contributed by atoms with Crippen LogP contribution in [0.4, 0.5) is 19.3 Å². The number of benzene rings is 2. The SMILES string of the molecule is O=C(Nc1cc(F)ccc1F)N1CCCCN2[C@H](C1)[C@@H](c1ccc(-c3cccnc3)cc1)[C@@H]2CO. The van der Waals surface area contributed by atoms with Crippen molar-refractivity contribution in [3.05, 3.63) is 84.2 Å². The van der Waals surface area contributed by atoms with Gasteiger partial charge in [0.2, 0.25) is 0 Å². The molecule has 3 heterocycles. The Morgan fingerprint density at radius 3 is 2.60 bits per heavy atom. The van der Waals surface area contributed by atoms with Crippen LogP contribution in [0.3, 0.4) is 0 Å². The molecule has 2 saturated heterocycles. The summed E-state index contributed by atoms with van der Waals surface area (Å²) < 4.78 is 27.7. The van der Waals surface area contributed by atoms with Gasteiger partial charge in [-0.2, -0.15) is 0 Å². The van der Waals surface area contributed by atoms with Gasteiger partial charge in [-0.3, -0.25) is 9.88 Å². The van der Waals surface area contributed by atoms with Crippen LogP contribution in [0, 0.1) is 11.6 Å². The van der Waals surface area contributed by atoms with Gasteiger partial charge in [-0.25, -0.2) is 13.6 Å². The van der Waals surface area contributed by atoms with Gasteiger partial charge in [0.1, 0.15) is 11.6 Å². The molecular weight excluding hydrogens is 450 g/mol. The van der Waals surface area contributed by atoms with Crippen molar-refractivity contribution in [2.24, 2.45) is 0 Å². The zero-order chi connectivity index (χ0) is 24.4. The molecule has 2 N–H and O–H groups in total. The van der Waals surface area contributed by atoms with E-state index in [2.05, 4.69) is 39.5 Å². The van der Waals surface area contributed by atoms with Crippen LogP contribution in [-0.4, -0.2) is 64.2 Å². The predicted molar refractivity (Wildman–Crippen MR) is 130 cm³/mol. The summed E-state index contributed by atoms with van der Waals surface area (Å²) in [4.78, 5) is 21.1. The number of hydrogen-bond acceptors (Lipinski definition) is 4. The summed E-state index contributed by atoms with van der Waals surface area (Å²) in [6.07, 6.45) is 5.25. The number of carbonyl (C=O) groups excluding carboxylic acids is 1. The van der Waals surface area contributed by atoms with E-state index in [0.717, 1.165) is 54.3 Å². The maximum absolute atomic E-state index is 14.1. The standard InChI is InChI=1S/C27H28F2N4O2/c28-21-9-10-22(29)23(14-21)31-27(35)32-12-1-2-13-33-24(16-32)26(25(33)17-34)19-7-5-18(6-8-19)20-4-3-11-30-15-20/h3-11,14-15,24-26,34H,1-2,12-13,16-17H2,(H,31,35)/t24-,25+,26-/m1/s1. The zero-order valence-electron chi connectivity index (χ0n) is 19.3. The van der Waals surface area contributed by atoms with E-state index in [-0.39, 0.29) is 30.3 Å². The van der Waals surface area contributed by atoms with E-state index in [9.17, 15) is 18.7 Å². The summed E-state index contributed by atoms with van der Waals surface area (Å²) in [6.45, 7) is 1.86. The molecular formula is C27H28F2N4O2. The quantitative estimate of drug-likeness (QED) is 0.580. The lowest BCUT2D eigenvalue weighted by atomic mass is 9.74. The predicted octanol–water partition coefficient (Wildman–Crippen LogP) is 4.48. The molecule has 182 valence electrons. The Morgan fingerprint density at radius 1 is 1.06 bits per heavy atom. The second-order valence-electron chi connectivity index (χ2n) is 9.15. The molecule has 1 aromatic heterocycles. The van der Waals surface area contributed by atoms with Crippen molar-refractivity contribution in [2.75, 3.05) is 31.6 Å². The van der Waals surface area contributed by atoms with Gasteiger partial charge < -0.3 is 15.3 Å². The summed E-state index contributed by atoms with van der Waals surface area (Å²) in [5.41, 5.74) is 3.04. The molecule has 5 rings (SSSR count). The van der Waals surface area contributed by atoms with Gasteiger partial charge in [0.25, 0.3) is 0 Å². The van der Waals surface area contributed by atoms with E-state index in [1.165, 1.54) is 0 Å². The minimum atomic E-state index is -0.677. The first-order chi connectivity index (χ1) is 17.0. The van der Waals surface area contributed by atoms with Crippen LogP contribution in [-0.2, 0) is 0 Å². The number of nitrogens with zero attached hydrogens (tertiary/aromatic N) is 3. The molecule has 0 spiro atoms. The van der Waals surface area contributed by atoms with Crippen molar-refractivity contribution in [3.63, 3.8) is 0 Å². The van der Waals surface area contributed by atoms with Gasteiger partial charge in [0.15, 0.2) is 0 Å². The average molecular weight is 479 g/mol. The van der Waals surface area contributed by atoms with Crippen LogP contribution in [0.2, 0.25) is 0 Å². The monoisotopic (exact) mass is 478 g/mol. The van der Waals surface area contributed by atoms with Crippen molar-refractivity contribution in [1.29, 1.82) is 0 Å². The topological polar surface area (TPSA) is 68.7 Å². The summed E-state index contributed by atoms with van der Waals surface area (Å²) in [6, 6.07) is 14.8. The summed E-state index contributed by atoms with van der Waals surface area (Å²) in [7, 11) is 0. The number of urea groups is 1. The average Bonchev–Trinajstić information content (AvgIpc) is 2.86. The molecule has 2 fully saturated rings. The summed E-state index contributed by atoms with van der Waals surface area (Å²) in [5, 5.41) is 12.7. The number of aliphatic hydroxyl groups is 1. The maximum Gasteiger partial charge on any atom is 0.321 e. The molecule has 0 unspecified atom stereocenters. The maximum atomic E-state index is 14.1. The smallest absolute Gasteiger partial charge is 0.321 e. The molecule has 0 aliphatic carbocycles. The molecule has 2 amide bonds. The molecule has 2 aliphatic rings. The van der Waals surface area contributed by atoms with E-state index in [4.69, 9.17) is 0 Å². The number of rotatable bonds is 4. The second-order valence-corrected chi connectivity index (χ2v) is 9.15. The van der Waals surface area contributed by atoms with Gasteiger partial charge in [0.05, 0.1) is 12.3 Å². The van der Waals surface area contributed by atoms with Crippen molar-refractivity contribution < 1.29 is 18.7 Å². The van der Waals surface area contributed by atoms with Gasteiger partial charge in [-0.05, 0) is 54.3 Å². The first-order valence-corrected chi connectivity index (χ1v) is 11.9. The molecule has 2 aromatic carbocycles. The van der Waals surface area contributed by atoms with Crippen molar-refractivity contribution in [3.8, 4) is 11.1 Å². The van der Waals surface area contributed by atoms with E-state index in [1.54, 1.807) is 11.1 Å². The van der Waals surface area contributed by atoms with Crippen molar-refractivity contribution in [1.82, 2.24) is 14.8 Å². The molecule has 6 nitrogen and oxygen atoms in total. The fourth-order valence-electron chi connectivity index (χ4n) is 5.34. The van der Waals surface area contributed by atoms with E-state index >= 15 is 0 Å². The van der Waals surface area contributed by atoms with Crippen LogP contribution in [0.5, 0.6) is 0 Å². The Hall–Kier alpha value is -3.36. The molecule has 8 heteroatoms. The third kappa shape index (κ3) is 4.76. The normalized spacial score (nSPS) is 22.5. The van der Waals surface area contributed by atoms with Crippen LogP contribution < -0.4 is 5.32 Å². The molecule has 0 bridgehead atoms. The van der Waals surface area contributed by atoms with E-state index in [1.807, 2.05) is 18.3 Å². The Bertz CT molecular complexity index is 1180. The lowest BCUT2D eigenvalue weighted by Gasteiger charge is -2.57. The highest BCUT2D eigenvalue weighted by molar-refractivity contribution is 5.89. The van der Waals surface area contributed by atoms with Crippen molar-refractivity contribution >= 4 is 11.7 Å². The van der Waals surface area contributed by atoms with Gasteiger partial charge in [0, 0.05) is 49.6 Å². The molecule has 3 aromatic rings. The highest BCUT2D eigenvalue weighted by Crippen LogP contribution is 2.42. The third-order valence-corrected chi connectivity index (χ3v) is 7.12. The number of aromatic nitrogens is 1. The van der Waals surface area contributed by atoms with E-state index in [0.29, 0.717) is 13.1 Å². The second kappa shape index (κ2) is 10.1. The first kappa shape index (κ1) is 23.4. The van der Waals surface area contributed by atoms with Crippen LogP contribution >= 0.6 is 0 Å². The van der Waals surface area contributed by atoms with Gasteiger partial charge in [-0.1, -0.05) is 30.3 Å². The van der Waals surface area contributed by atoms with Crippen LogP contribution in [0.25, 0.3) is 11.1 Å². The number of nitrogens with one attached hydrogen (secondary N) is 1. The number of hydrogen-bond donors (Lipinski definition) is 2. The van der Waals surface area contributed by atoms with Crippen LogP contribution in [0.15, 0.2) is 67.0 Å². The van der Waals surface area contributed by atoms with Crippen LogP contribution in [0.1, 0.15) is 24.3 Å². The van der Waals surface area contributed by atoms with Crippen molar-refractivity contribution in [2.45, 2.75) is 30.8 Å². The fourth-order valence-corrected chi connectivity index (χ4v) is 5.34. The number of aliphatic hydroxyl groups excluding tert-OH is 1. The third-order valence-electron chi connectivity index (χ3n) is 7.12. The Balaban J connectivity index is 1.35. The number of carbonyl (C=O) groups is 1. The Kier molecular flexibility index (Phi) is 6.74. The first-order valence-electron chi connectivity index (χ1n) is 11.9. The molecule has 3 atom stereocenters. The number of fused-ring (bicyclic) bond motifs is 1. The number of halogens is 2.